The van der Waals surface area contributed by atoms with Crippen LogP contribution in [-0.2, 0) is 0 Å². The molecule has 5 nitrogen and oxygen atoms in total. The highest BCUT2D eigenvalue weighted by Crippen LogP contribution is 2.55. The van der Waals surface area contributed by atoms with Crippen molar-refractivity contribution in [3.05, 3.63) is 23.9 Å². The van der Waals surface area contributed by atoms with Gasteiger partial charge in [-0.05, 0) is 49.7 Å². The molecule has 0 aromatic carbocycles. The third-order valence-electron chi connectivity index (χ3n) is 5.10. The van der Waals surface area contributed by atoms with Crippen molar-refractivity contribution in [3.8, 4) is 5.88 Å². The minimum Gasteiger partial charge on any atom is -0.468 e. The summed E-state index contributed by atoms with van der Waals surface area (Å²) in [4.78, 5) is 15.8. The molecule has 2 N–H and O–H groups in total. The van der Waals surface area contributed by atoms with Gasteiger partial charge in [-0.25, -0.2) is 9.78 Å². The summed E-state index contributed by atoms with van der Waals surface area (Å²) in [5.41, 5.74) is 1.12. The highest BCUT2D eigenvalue weighted by molar-refractivity contribution is 5.75. The second-order valence-corrected chi connectivity index (χ2v) is 7.13. The van der Waals surface area contributed by atoms with Gasteiger partial charge in [0.2, 0.25) is 5.88 Å². The molecule has 0 aliphatic heterocycles. The van der Waals surface area contributed by atoms with Crippen LogP contribution in [0.1, 0.15) is 50.6 Å². The van der Waals surface area contributed by atoms with Crippen LogP contribution in [0.3, 0.4) is 0 Å². The van der Waals surface area contributed by atoms with Crippen molar-refractivity contribution < 1.29 is 22.7 Å². The van der Waals surface area contributed by atoms with Crippen LogP contribution in [0.25, 0.3) is 0 Å². The molecule has 0 saturated heterocycles. The molecule has 138 valence electrons. The van der Waals surface area contributed by atoms with Gasteiger partial charge in [0.05, 0.1) is 6.04 Å². The summed E-state index contributed by atoms with van der Waals surface area (Å²) < 4.78 is 41.2. The maximum Gasteiger partial charge on any atom is 0.422 e. The number of ether oxygens (including phenoxy) is 1. The second kappa shape index (κ2) is 6.72. The van der Waals surface area contributed by atoms with Gasteiger partial charge < -0.3 is 15.4 Å². The number of nitrogens with zero attached hydrogens (tertiary/aromatic N) is 1. The first-order chi connectivity index (χ1) is 11.7. The quantitative estimate of drug-likeness (QED) is 0.844. The Hall–Kier alpha value is -1.99. The van der Waals surface area contributed by atoms with Crippen LogP contribution in [0, 0.1) is 5.41 Å². The summed E-state index contributed by atoms with van der Waals surface area (Å²) in [6, 6.07) is 2.63. The molecule has 2 amide bonds. The number of amides is 2. The predicted octanol–water partition coefficient (Wildman–Crippen LogP) is 3.72. The Morgan fingerprint density at radius 3 is 2.76 bits per heavy atom. The molecule has 1 aromatic rings. The fraction of sp³-hybridized carbons (Fsp3) is 0.647. The Labute approximate surface area is 144 Å². The molecule has 2 saturated carbocycles. The fourth-order valence-corrected chi connectivity index (χ4v) is 3.61. The zero-order chi connectivity index (χ0) is 18.1. The lowest BCUT2D eigenvalue weighted by atomic mass is 9.54. The number of carbonyl (C=O) groups excluding carboxylic acids is 1. The first-order valence-corrected chi connectivity index (χ1v) is 8.47. The fourth-order valence-electron chi connectivity index (χ4n) is 3.61. The molecule has 0 bridgehead atoms. The van der Waals surface area contributed by atoms with Gasteiger partial charge in [-0.1, -0.05) is 6.42 Å². The van der Waals surface area contributed by atoms with Crippen molar-refractivity contribution in [1.29, 1.82) is 0 Å². The minimum atomic E-state index is -4.41. The van der Waals surface area contributed by atoms with Crippen LogP contribution >= 0.6 is 0 Å². The number of carbonyl (C=O) groups is 1. The lowest BCUT2D eigenvalue weighted by Gasteiger charge is -2.54. The number of hydrogen-bond donors (Lipinski definition) is 2. The monoisotopic (exact) mass is 357 g/mol. The molecule has 1 aromatic heterocycles. The van der Waals surface area contributed by atoms with E-state index in [2.05, 4.69) is 20.4 Å². The van der Waals surface area contributed by atoms with E-state index in [1.54, 1.807) is 13.0 Å². The van der Waals surface area contributed by atoms with Gasteiger partial charge in [-0.2, -0.15) is 13.2 Å². The van der Waals surface area contributed by atoms with E-state index in [-0.39, 0.29) is 24.0 Å². The number of aromatic nitrogens is 1. The molecule has 2 fully saturated rings. The third-order valence-corrected chi connectivity index (χ3v) is 5.10. The maximum atomic E-state index is 12.2. The van der Waals surface area contributed by atoms with Gasteiger partial charge in [-0.15, -0.1) is 0 Å². The molecule has 1 unspecified atom stereocenters. The molecule has 3 rings (SSSR count). The normalized spacial score (nSPS) is 20.3. The van der Waals surface area contributed by atoms with Gasteiger partial charge in [0, 0.05) is 18.3 Å². The standard InChI is InChI=1S/C17H22F3N3O2/c1-11(12-3-6-21-14(7-12)25-10-17(18,19)20)22-15(24)23-13-8-16(9-13)4-2-5-16/h3,6-7,11,13H,2,4-5,8-10H2,1H3,(H2,22,23,24). The Morgan fingerprint density at radius 2 is 2.16 bits per heavy atom. The average Bonchev–Trinajstić information content (AvgIpc) is 2.46. The van der Waals surface area contributed by atoms with Crippen molar-refractivity contribution in [2.45, 2.75) is 57.3 Å². The molecular formula is C17H22F3N3O2. The van der Waals surface area contributed by atoms with Gasteiger partial charge in [0.15, 0.2) is 6.61 Å². The van der Waals surface area contributed by atoms with E-state index in [4.69, 9.17) is 0 Å². The molecule has 0 radical (unpaired) electrons. The van der Waals surface area contributed by atoms with Gasteiger partial charge >= 0.3 is 12.2 Å². The summed E-state index contributed by atoms with van der Waals surface area (Å²) in [6.45, 7) is 0.367. The molecule has 2 aliphatic rings. The Bertz CT molecular complexity index is 624. The summed E-state index contributed by atoms with van der Waals surface area (Å²) in [5.74, 6) is -0.116. The van der Waals surface area contributed by atoms with Gasteiger partial charge in [0.25, 0.3) is 0 Å². The number of rotatable bonds is 5. The van der Waals surface area contributed by atoms with Crippen LogP contribution in [0.5, 0.6) is 5.88 Å². The molecule has 1 atom stereocenters. The highest BCUT2D eigenvalue weighted by Gasteiger charge is 2.48. The zero-order valence-electron chi connectivity index (χ0n) is 14.0. The van der Waals surface area contributed by atoms with Crippen molar-refractivity contribution in [2.24, 2.45) is 5.41 Å². The minimum absolute atomic E-state index is 0.116. The smallest absolute Gasteiger partial charge is 0.422 e. The predicted molar refractivity (Wildman–Crippen MR) is 85.2 cm³/mol. The number of nitrogens with one attached hydrogen (secondary N) is 2. The molecule has 1 heterocycles. The highest BCUT2D eigenvalue weighted by atomic mass is 19.4. The van der Waals surface area contributed by atoms with Crippen LogP contribution < -0.4 is 15.4 Å². The van der Waals surface area contributed by atoms with Crippen LogP contribution in [0.15, 0.2) is 18.3 Å². The van der Waals surface area contributed by atoms with Crippen molar-refractivity contribution >= 4 is 6.03 Å². The lowest BCUT2D eigenvalue weighted by Crippen LogP contribution is -2.55. The SMILES string of the molecule is CC(NC(=O)NC1CC2(CCC2)C1)c1ccnc(OCC(F)(F)F)c1. The van der Waals surface area contributed by atoms with E-state index in [1.807, 2.05) is 0 Å². The molecule has 25 heavy (non-hydrogen) atoms. The van der Waals surface area contributed by atoms with Crippen LogP contribution in [0.4, 0.5) is 18.0 Å². The third kappa shape index (κ3) is 4.55. The van der Waals surface area contributed by atoms with Crippen LogP contribution in [-0.4, -0.2) is 29.8 Å². The van der Waals surface area contributed by atoms with Crippen molar-refractivity contribution in [2.75, 3.05) is 6.61 Å². The van der Waals surface area contributed by atoms with Crippen molar-refractivity contribution in [1.82, 2.24) is 15.6 Å². The summed E-state index contributed by atoms with van der Waals surface area (Å²) in [6.07, 6.45) is 2.85. The van der Waals surface area contributed by atoms with Crippen LogP contribution in [0.2, 0.25) is 0 Å². The number of halogens is 3. The van der Waals surface area contributed by atoms with E-state index in [0.717, 1.165) is 12.8 Å². The molecule has 8 heteroatoms. The number of pyridine rings is 1. The zero-order valence-corrected chi connectivity index (χ0v) is 14.0. The van der Waals surface area contributed by atoms with E-state index in [1.165, 1.54) is 31.5 Å². The van der Waals surface area contributed by atoms with E-state index >= 15 is 0 Å². The van der Waals surface area contributed by atoms with Crippen molar-refractivity contribution in [3.63, 3.8) is 0 Å². The Kier molecular flexibility index (Phi) is 4.79. The second-order valence-electron chi connectivity index (χ2n) is 7.13. The van der Waals surface area contributed by atoms with E-state index in [9.17, 15) is 18.0 Å². The van der Waals surface area contributed by atoms with E-state index < -0.39 is 12.8 Å². The summed E-state index contributed by atoms with van der Waals surface area (Å²) >= 11 is 0. The number of urea groups is 1. The molecule has 2 aliphatic carbocycles. The molecule has 1 spiro atoms. The maximum absolute atomic E-state index is 12.2. The summed E-state index contributed by atoms with van der Waals surface area (Å²) in [5, 5.41) is 5.76. The molecular weight excluding hydrogens is 335 g/mol. The van der Waals surface area contributed by atoms with Gasteiger partial charge in [0.1, 0.15) is 0 Å². The first-order valence-electron chi connectivity index (χ1n) is 8.47. The van der Waals surface area contributed by atoms with E-state index in [0.29, 0.717) is 11.0 Å². The largest absolute Gasteiger partial charge is 0.468 e. The first kappa shape index (κ1) is 17.8. The topological polar surface area (TPSA) is 63.2 Å². The number of alkyl halides is 3. The van der Waals surface area contributed by atoms with Gasteiger partial charge in [-0.3, -0.25) is 0 Å². The Morgan fingerprint density at radius 1 is 1.44 bits per heavy atom. The summed E-state index contributed by atoms with van der Waals surface area (Å²) in [7, 11) is 0. The number of hydrogen-bond acceptors (Lipinski definition) is 3. The lowest BCUT2D eigenvalue weighted by molar-refractivity contribution is -0.154. The Balaban J connectivity index is 1.47. The average molecular weight is 357 g/mol.